The van der Waals surface area contributed by atoms with Crippen LogP contribution < -0.4 is 22.1 Å². The molecular formula is C25H36N6O6. The fourth-order valence-corrected chi connectivity index (χ4v) is 4.62. The summed E-state index contributed by atoms with van der Waals surface area (Å²) in [6, 6.07) is 3.29. The molecule has 0 saturated carbocycles. The molecule has 1 aliphatic heterocycles. The van der Waals surface area contributed by atoms with Gasteiger partial charge < -0.3 is 42.2 Å². The molecule has 2 aromatic rings. The molecule has 0 aliphatic carbocycles. The molecule has 1 aromatic carbocycles. The van der Waals surface area contributed by atoms with E-state index in [1.807, 2.05) is 24.3 Å². The first-order chi connectivity index (χ1) is 17.8. The van der Waals surface area contributed by atoms with Crippen molar-refractivity contribution in [1.82, 2.24) is 20.5 Å². The number of rotatable bonds is 13. The number of para-hydroxylation sites is 1. The van der Waals surface area contributed by atoms with E-state index in [0.717, 1.165) is 16.5 Å². The summed E-state index contributed by atoms with van der Waals surface area (Å²) in [7, 11) is 0. The van der Waals surface area contributed by atoms with E-state index in [9.17, 15) is 29.4 Å². The number of aliphatic hydroxyl groups excluding tert-OH is 1. The van der Waals surface area contributed by atoms with Crippen molar-refractivity contribution in [3.63, 3.8) is 0 Å². The van der Waals surface area contributed by atoms with Crippen molar-refractivity contribution < 1.29 is 29.4 Å². The number of aromatic nitrogens is 1. The summed E-state index contributed by atoms with van der Waals surface area (Å²) in [4.78, 5) is 55.2. The minimum atomic E-state index is -1.22. The van der Waals surface area contributed by atoms with E-state index in [1.165, 1.54) is 4.90 Å². The number of hydrogen-bond donors (Lipinski definition) is 7. The molecule has 2 heterocycles. The zero-order valence-electron chi connectivity index (χ0n) is 20.7. The topological polar surface area (TPSA) is 204 Å². The minimum absolute atomic E-state index is 0.0541. The Kier molecular flexibility index (Phi) is 10.0. The van der Waals surface area contributed by atoms with Crippen LogP contribution in [-0.2, 0) is 25.6 Å². The zero-order valence-corrected chi connectivity index (χ0v) is 20.7. The molecule has 0 radical (unpaired) electrons. The van der Waals surface area contributed by atoms with Gasteiger partial charge in [0, 0.05) is 30.1 Å². The molecule has 1 fully saturated rings. The number of carboxylic acid groups (broad SMARTS) is 1. The number of hydrogen-bond acceptors (Lipinski definition) is 7. The monoisotopic (exact) mass is 516 g/mol. The van der Waals surface area contributed by atoms with Gasteiger partial charge >= 0.3 is 5.97 Å². The van der Waals surface area contributed by atoms with E-state index in [4.69, 9.17) is 11.5 Å². The molecule has 1 aromatic heterocycles. The molecule has 3 amide bonds. The Labute approximate surface area is 214 Å². The molecule has 202 valence electrons. The van der Waals surface area contributed by atoms with E-state index in [0.29, 0.717) is 38.8 Å². The fraction of sp³-hybridized carbons (Fsp3) is 0.520. The number of carbonyl (C=O) groups is 4. The Balaban J connectivity index is 1.72. The minimum Gasteiger partial charge on any atom is -0.480 e. The second-order valence-electron chi connectivity index (χ2n) is 9.29. The van der Waals surface area contributed by atoms with Crippen LogP contribution in [0.1, 0.15) is 37.7 Å². The van der Waals surface area contributed by atoms with E-state index in [1.54, 1.807) is 6.20 Å². The van der Waals surface area contributed by atoms with Crippen molar-refractivity contribution >= 4 is 34.6 Å². The first-order valence-electron chi connectivity index (χ1n) is 12.5. The number of carbonyl (C=O) groups excluding carboxylic acids is 3. The molecule has 12 nitrogen and oxygen atoms in total. The maximum absolute atomic E-state index is 13.2. The highest BCUT2D eigenvalue weighted by Crippen LogP contribution is 2.20. The lowest BCUT2D eigenvalue weighted by Crippen LogP contribution is -2.57. The highest BCUT2D eigenvalue weighted by Gasteiger charge is 2.37. The highest BCUT2D eigenvalue weighted by atomic mass is 16.4. The molecule has 9 N–H and O–H groups in total. The number of amides is 3. The van der Waals surface area contributed by atoms with Gasteiger partial charge in [-0.15, -0.1) is 0 Å². The lowest BCUT2D eigenvalue weighted by molar-refractivity contribution is -0.143. The van der Waals surface area contributed by atoms with Crippen LogP contribution in [0.3, 0.4) is 0 Å². The molecule has 3 rings (SSSR count). The second-order valence-corrected chi connectivity index (χ2v) is 9.29. The summed E-state index contributed by atoms with van der Waals surface area (Å²) in [6.45, 7) is 0.186. The van der Waals surface area contributed by atoms with Gasteiger partial charge in [0.1, 0.15) is 24.2 Å². The first-order valence-corrected chi connectivity index (χ1v) is 12.5. The maximum atomic E-state index is 13.2. The number of nitrogens with zero attached hydrogens (tertiary/aromatic N) is 1. The number of aromatic amines is 1. The third kappa shape index (κ3) is 7.06. The lowest BCUT2D eigenvalue weighted by atomic mass is 10.0. The summed E-state index contributed by atoms with van der Waals surface area (Å²) in [5, 5.41) is 25.2. The fourth-order valence-electron chi connectivity index (χ4n) is 4.62. The molecule has 4 atom stereocenters. The van der Waals surface area contributed by atoms with Gasteiger partial charge in [0.2, 0.25) is 17.7 Å². The van der Waals surface area contributed by atoms with Crippen molar-refractivity contribution in [2.75, 3.05) is 19.7 Å². The number of aliphatic hydroxyl groups is 1. The number of benzene rings is 1. The van der Waals surface area contributed by atoms with E-state index < -0.39 is 54.5 Å². The number of nitrogens with one attached hydrogen (secondary N) is 3. The van der Waals surface area contributed by atoms with Gasteiger partial charge in [0.25, 0.3) is 0 Å². The molecule has 1 saturated heterocycles. The van der Waals surface area contributed by atoms with Gasteiger partial charge in [0.05, 0.1) is 6.61 Å². The zero-order chi connectivity index (χ0) is 26.9. The van der Waals surface area contributed by atoms with Crippen LogP contribution in [-0.4, -0.2) is 87.7 Å². The summed E-state index contributed by atoms with van der Waals surface area (Å²) in [5.41, 5.74) is 12.8. The average Bonchev–Trinajstić information content (AvgIpc) is 3.54. The quantitative estimate of drug-likeness (QED) is 0.168. The Morgan fingerprint density at radius 3 is 2.59 bits per heavy atom. The predicted molar refractivity (Wildman–Crippen MR) is 136 cm³/mol. The van der Waals surface area contributed by atoms with Crippen LogP contribution in [0.2, 0.25) is 0 Å². The summed E-state index contributed by atoms with van der Waals surface area (Å²) in [6.07, 6.45) is 4.16. The number of carboxylic acids is 1. The first kappa shape index (κ1) is 28.1. The SMILES string of the molecule is NCCCCC(NC(=O)C1CCCN1C(=O)C(N)CO)C(=O)NC(Cc1c[nH]c2ccccc12)C(=O)O. The molecule has 0 spiro atoms. The third-order valence-corrected chi connectivity index (χ3v) is 6.65. The summed E-state index contributed by atoms with van der Waals surface area (Å²) >= 11 is 0. The van der Waals surface area contributed by atoms with E-state index in [-0.39, 0.29) is 12.8 Å². The lowest BCUT2D eigenvalue weighted by Gasteiger charge is -2.28. The number of H-pyrrole nitrogens is 1. The van der Waals surface area contributed by atoms with Gasteiger partial charge in [-0.05, 0) is 50.3 Å². The van der Waals surface area contributed by atoms with Crippen LogP contribution in [0, 0.1) is 0 Å². The molecule has 0 bridgehead atoms. The maximum Gasteiger partial charge on any atom is 0.326 e. The summed E-state index contributed by atoms with van der Waals surface area (Å²) < 4.78 is 0. The predicted octanol–water partition coefficient (Wildman–Crippen LogP) is -0.796. The average molecular weight is 517 g/mol. The normalized spacial score (nSPS) is 17.8. The second kappa shape index (κ2) is 13.2. The Hall–Kier alpha value is -3.48. The van der Waals surface area contributed by atoms with Gasteiger partial charge in [-0.1, -0.05) is 18.2 Å². The van der Waals surface area contributed by atoms with Gasteiger partial charge in [-0.2, -0.15) is 0 Å². The number of aliphatic carboxylic acids is 1. The third-order valence-electron chi connectivity index (χ3n) is 6.65. The molecule has 37 heavy (non-hydrogen) atoms. The Bertz CT molecular complexity index is 1100. The number of nitrogens with two attached hydrogens (primary N) is 2. The van der Waals surface area contributed by atoms with Crippen molar-refractivity contribution in [2.24, 2.45) is 11.5 Å². The van der Waals surface area contributed by atoms with Gasteiger partial charge in [-0.3, -0.25) is 14.4 Å². The van der Waals surface area contributed by atoms with E-state index >= 15 is 0 Å². The number of unbranched alkanes of at least 4 members (excludes halogenated alkanes) is 1. The van der Waals surface area contributed by atoms with Crippen molar-refractivity contribution in [2.45, 2.75) is 62.7 Å². The number of fused-ring (bicyclic) bond motifs is 1. The van der Waals surface area contributed by atoms with Crippen LogP contribution in [0.5, 0.6) is 0 Å². The highest BCUT2D eigenvalue weighted by molar-refractivity contribution is 5.94. The van der Waals surface area contributed by atoms with Gasteiger partial charge in [0.15, 0.2) is 0 Å². The Morgan fingerprint density at radius 2 is 1.89 bits per heavy atom. The molecule has 4 unspecified atom stereocenters. The molecular weight excluding hydrogens is 480 g/mol. The largest absolute Gasteiger partial charge is 0.480 e. The Morgan fingerprint density at radius 1 is 1.14 bits per heavy atom. The van der Waals surface area contributed by atoms with Crippen LogP contribution in [0.15, 0.2) is 30.5 Å². The van der Waals surface area contributed by atoms with E-state index in [2.05, 4.69) is 15.6 Å². The smallest absolute Gasteiger partial charge is 0.326 e. The van der Waals surface area contributed by atoms with Gasteiger partial charge in [-0.25, -0.2) is 4.79 Å². The van der Waals surface area contributed by atoms with Crippen LogP contribution >= 0.6 is 0 Å². The van der Waals surface area contributed by atoms with Crippen molar-refractivity contribution in [3.8, 4) is 0 Å². The molecule has 1 aliphatic rings. The van der Waals surface area contributed by atoms with Crippen molar-refractivity contribution in [3.05, 3.63) is 36.0 Å². The summed E-state index contributed by atoms with van der Waals surface area (Å²) in [5.74, 6) is -2.88. The van der Waals surface area contributed by atoms with Crippen molar-refractivity contribution in [1.29, 1.82) is 0 Å². The number of likely N-dealkylation sites (tertiary alicyclic amines) is 1. The van der Waals surface area contributed by atoms with Crippen LogP contribution in [0.25, 0.3) is 10.9 Å². The van der Waals surface area contributed by atoms with Crippen LogP contribution in [0.4, 0.5) is 0 Å². The molecule has 12 heteroatoms. The standard InChI is InChI=1S/C25H36N6O6/c26-10-4-3-8-19(29-23(34)21-9-5-11-31(21)24(35)17(27)14-32)22(33)30-20(25(36)37)12-15-13-28-18-7-2-1-6-16(15)18/h1-2,6-7,13,17,19-21,28,32H,3-5,8-12,14,26-27H2,(H,29,34)(H,30,33)(H,36,37).